The van der Waals surface area contributed by atoms with Crippen molar-refractivity contribution in [3.8, 4) is 17.2 Å². The monoisotopic (exact) mass is 411 g/mol. The average molecular weight is 412 g/mol. The zero-order chi connectivity index (χ0) is 20.6. The smallest absolute Gasteiger partial charge is 0.251 e. The Hall–Kier alpha value is -3.18. The Bertz CT molecular complexity index is 951. The Morgan fingerprint density at radius 2 is 1.55 bits per heavy atom. The van der Waals surface area contributed by atoms with Crippen LogP contribution < -0.4 is 19.5 Å². The van der Waals surface area contributed by atoms with Crippen molar-refractivity contribution in [3.05, 3.63) is 88.4 Å². The van der Waals surface area contributed by atoms with Gasteiger partial charge in [-0.3, -0.25) is 4.79 Å². The fourth-order valence-corrected chi connectivity index (χ4v) is 3.03. The highest BCUT2D eigenvalue weighted by molar-refractivity contribution is 6.30. The van der Waals surface area contributed by atoms with E-state index in [1.807, 2.05) is 48.5 Å². The summed E-state index contributed by atoms with van der Waals surface area (Å²) in [5.41, 5.74) is 2.33. The summed E-state index contributed by atoms with van der Waals surface area (Å²) >= 11 is 5.99. The van der Waals surface area contributed by atoms with Gasteiger partial charge in [0.1, 0.15) is 6.61 Å². The molecule has 0 saturated carbocycles. The van der Waals surface area contributed by atoms with Crippen molar-refractivity contribution in [1.29, 1.82) is 0 Å². The van der Waals surface area contributed by atoms with Gasteiger partial charge < -0.3 is 19.5 Å². The van der Waals surface area contributed by atoms with Crippen LogP contribution in [0.4, 0.5) is 0 Å². The molecule has 0 aliphatic rings. The summed E-state index contributed by atoms with van der Waals surface area (Å²) in [7, 11) is 3.05. The van der Waals surface area contributed by atoms with Crippen LogP contribution in [-0.2, 0) is 13.2 Å². The van der Waals surface area contributed by atoms with Gasteiger partial charge in [0.05, 0.1) is 14.2 Å². The van der Waals surface area contributed by atoms with Gasteiger partial charge in [0, 0.05) is 17.1 Å². The molecule has 0 atom stereocenters. The van der Waals surface area contributed by atoms with Crippen LogP contribution in [0.15, 0.2) is 66.7 Å². The summed E-state index contributed by atoms with van der Waals surface area (Å²) in [5, 5.41) is 3.50. The molecular weight excluding hydrogens is 390 g/mol. The largest absolute Gasteiger partial charge is 0.493 e. The predicted molar refractivity (Wildman–Crippen MR) is 113 cm³/mol. The number of hydrogen-bond acceptors (Lipinski definition) is 4. The van der Waals surface area contributed by atoms with Crippen molar-refractivity contribution < 1.29 is 19.0 Å². The maximum absolute atomic E-state index is 12.6. The van der Waals surface area contributed by atoms with Gasteiger partial charge in [-0.15, -0.1) is 0 Å². The lowest BCUT2D eigenvalue weighted by Gasteiger charge is -2.16. The fraction of sp³-hybridized carbons (Fsp3) is 0.174. The predicted octanol–water partition coefficient (Wildman–Crippen LogP) is 4.87. The molecule has 1 amide bonds. The number of hydrogen-bond donors (Lipinski definition) is 1. The van der Waals surface area contributed by atoms with E-state index in [0.717, 1.165) is 11.1 Å². The molecule has 0 radical (unpaired) electrons. The SMILES string of the molecule is COc1cc(C(=O)NCc2cccc(Cl)c2)cc(OC)c1OCc1ccccc1. The minimum absolute atomic E-state index is 0.254. The van der Waals surface area contributed by atoms with Crippen molar-refractivity contribution in [2.24, 2.45) is 0 Å². The molecule has 0 unspecified atom stereocenters. The summed E-state index contributed by atoms with van der Waals surface area (Å²) in [6, 6.07) is 20.4. The first-order valence-corrected chi connectivity index (χ1v) is 9.44. The average Bonchev–Trinajstić information content (AvgIpc) is 2.76. The molecule has 0 bridgehead atoms. The fourth-order valence-electron chi connectivity index (χ4n) is 2.81. The molecule has 1 N–H and O–H groups in total. The van der Waals surface area contributed by atoms with E-state index in [1.165, 1.54) is 14.2 Å². The number of carbonyl (C=O) groups is 1. The minimum atomic E-state index is -0.254. The third-order valence-electron chi connectivity index (χ3n) is 4.29. The number of halogens is 1. The molecule has 0 spiro atoms. The summed E-state index contributed by atoms with van der Waals surface area (Å²) in [5.74, 6) is 1.04. The summed E-state index contributed by atoms with van der Waals surface area (Å²) in [4.78, 5) is 12.6. The normalized spacial score (nSPS) is 10.3. The first kappa shape index (κ1) is 20.6. The van der Waals surface area contributed by atoms with E-state index in [2.05, 4.69) is 5.32 Å². The number of nitrogens with one attached hydrogen (secondary N) is 1. The van der Waals surface area contributed by atoms with Crippen LogP contribution in [0.1, 0.15) is 21.5 Å². The number of benzene rings is 3. The van der Waals surface area contributed by atoms with Crippen LogP contribution in [0.3, 0.4) is 0 Å². The Balaban J connectivity index is 1.76. The zero-order valence-corrected chi connectivity index (χ0v) is 17.0. The van der Waals surface area contributed by atoms with Crippen LogP contribution in [0.5, 0.6) is 17.2 Å². The highest BCUT2D eigenvalue weighted by Crippen LogP contribution is 2.39. The van der Waals surface area contributed by atoms with Crippen molar-refractivity contribution in [1.82, 2.24) is 5.32 Å². The maximum Gasteiger partial charge on any atom is 0.251 e. The van der Waals surface area contributed by atoms with Gasteiger partial charge in [-0.2, -0.15) is 0 Å². The highest BCUT2D eigenvalue weighted by atomic mass is 35.5. The number of rotatable bonds is 8. The van der Waals surface area contributed by atoms with Gasteiger partial charge in [0.15, 0.2) is 11.5 Å². The van der Waals surface area contributed by atoms with Gasteiger partial charge >= 0.3 is 0 Å². The Labute approximate surface area is 175 Å². The summed E-state index contributed by atoms with van der Waals surface area (Å²) in [6.45, 7) is 0.712. The van der Waals surface area contributed by atoms with Crippen LogP contribution in [0.2, 0.25) is 5.02 Å². The first-order valence-electron chi connectivity index (χ1n) is 9.06. The second kappa shape index (κ2) is 9.85. The molecular formula is C23H22ClNO4. The van der Waals surface area contributed by atoms with Crippen molar-refractivity contribution >= 4 is 17.5 Å². The molecule has 0 saturated heterocycles. The molecule has 29 heavy (non-hydrogen) atoms. The third kappa shape index (κ3) is 5.42. The first-order chi connectivity index (χ1) is 14.1. The molecule has 150 valence electrons. The lowest BCUT2D eigenvalue weighted by Crippen LogP contribution is -2.23. The van der Waals surface area contributed by atoms with Crippen molar-refractivity contribution in [2.75, 3.05) is 14.2 Å². The van der Waals surface area contributed by atoms with Gasteiger partial charge in [-0.1, -0.05) is 54.1 Å². The number of ether oxygens (including phenoxy) is 3. The minimum Gasteiger partial charge on any atom is -0.493 e. The van der Waals surface area contributed by atoms with Crippen LogP contribution in [-0.4, -0.2) is 20.1 Å². The Kier molecular flexibility index (Phi) is 6.98. The van der Waals surface area contributed by atoms with Crippen LogP contribution in [0, 0.1) is 0 Å². The Morgan fingerprint density at radius 1 is 0.897 bits per heavy atom. The lowest BCUT2D eigenvalue weighted by atomic mass is 10.1. The Morgan fingerprint density at radius 3 is 2.17 bits per heavy atom. The summed E-state index contributed by atoms with van der Waals surface area (Å²) < 4.78 is 16.8. The molecule has 3 aromatic carbocycles. The van der Waals surface area contributed by atoms with Crippen molar-refractivity contribution in [2.45, 2.75) is 13.2 Å². The molecule has 0 aromatic heterocycles. The van der Waals surface area contributed by atoms with Crippen LogP contribution in [0.25, 0.3) is 0 Å². The van der Waals surface area contributed by atoms with Gasteiger partial charge in [-0.05, 0) is 35.4 Å². The standard InChI is InChI=1S/C23H22ClNO4/c1-27-20-12-18(23(26)25-14-17-9-6-10-19(24)11-17)13-21(28-2)22(20)29-15-16-7-4-3-5-8-16/h3-13H,14-15H2,1-2H3,(H,25,26). The quantitative estimate of drug-likeness (QED) is 0.574. The number of amides is 1. The molecule has 3 rings (SSSR count). The van der Waals surface area contributed by atoms with E-state index in [-0.39, 0.29) is 5.91 Å². The molecule has 5 nitrogen and oxygen atoms in total. The highest BCUT2D eigenvalue weighted by Gasteiger charge is 2.18. The maximum atomic E-state index is 12.6. The van der Waals surface area contributed by atoms with Crippen LogP contribution >= 0.6 is 11.6 Å². The van der Waals surface area contributed by atoms with E-state index in [4.69, 9.17) is 25.8 Å². The van der Waals surface area contributed by atoms with Gasteiger partial charge in [0.25, 0.3) is 5.91 Å². The van der Waals surface area contributed by atoms with Gasteiger partial charge in [-0.25, -0.2) is 0 Å². The van der Waals surface area contributed by atoms with E-state index in [1.54, 1.807) is 18.2 Å². The van der Waals surface area contributed by atoms with Crippen molar-refractivity contribution in [3.63, 3.8) is 0 Å². The molecule has 0 fully saturated rings. The second-order valence-corrected chi connectivity index (χ2v) is 6.73. The number of methoxy groups -OCH3 is 2. The topological polar surface area (TPSA) is 56.8 Å². The lowest BCUT2D eigenvalue weighted by molar-refractivity contribution is 0.0950. The molecule has 0 aliphatic carbocycles. The molecule has 0 heterocycles. The molecule has 3 aromatic rings. The second-order valence-electron chi connectivity index (χ2n) is 6.30. The van der Waals surface area contributed by atoms with E-state index >= 15 is 0 Å². The van der Waals surface area contributed by atoms with Gasteiger partial charge in [0.2, 0.25) is 5.75 Å². The zero-order valence-electron chi connectivity index (χ0n) is 16.3. The summed E-state index contributed by atoms with van der Waals surface area (Å²) in [6.07, 6.45) is 0. The molecule has 6 heteroatoms. The van der Waals surface area contributed by atoms with E-state index in [0.29, 0.717) is 41.0 Å². The van der Waals surface area contributed by atoms with E-state index < -0.39 is 0 Å². The third-order valence-corrected chi connectivity index (χ3v) is 4.53. The molecule has 0 aliphatic heterocycles. The number of carbonyl (C=O) groups excluding carboxylic acids is 1. The van der Waals surface area contributed by atoms with E-state index in [9.17, 15) is 4.79 Å².